The maximum atomic E-state index is 9.02. The molecule has 0 amide bonds. The van der Waals surface area contributed by atoms with Crippen LogP contribution in [0.15, 0.2) is 36.4 Å². The van der Waals surface area contributed by atoms with Crippen LogP contribution in [0.5, 0.6) is 0 Å². The molecule has 0 saturated carbocycles. The minimum absolute atomic E-state index is 0.332. The van der Waals surface area contributed by atoms with Crippen molar-refractivity contribution in [1.29, 1.82) is 0 Å². The van der Waals surface area contributed by atoms with Crippen LogP contribution in [0.4, 0.5) is 0 Å². The van der Waals surface area contributed by atoms with Gasteiger partial charge in [0, 0.05) is 6.61 Å². The van der Waals surface area contributed by atoms with E-state index in [1.807, 2.05) is 6.07 Å². The van der Waals surface area contributed by atoms with Gasteiger partial charge < -0.3 is 5.11 Å². The van der Waals surface area contributed by atoms with Crippen molar-refractivity contribution in [2.75, 3.05) is 6.61 Å². The van der Waals surface area contributed by atoms with Crippen LogP contribution in [-0.4, -0.2) is 11.7 Å². The molecule has 1 aliphatic carbocycles. The van der Waals surface area contributed by atoms with Gasteiger partial charge >= 0.3 is 0 Å². The second-order valence-corrected chi connectivity index (χ2v) is 3.92. The first-order chi connectivity index (χ1) is 6.90. The summed E-state index contributed by atoms with van der Waals surface area (Å²) in [5.41, 5.74) is 2.78. The van der Waals surface area contributed by atoms with Crippen LogP contribution in [0.2, 0.25) is 0 Å². The Balaban J connectivity index is 2.11. The number of hydrogen-bond acceptors (Lipinski definition) is 1. The summed E-state index contributed by atoms with van der Waals surface area (Å²) in [6, 6.07) is 10.5. The van der Waals surface area contributed by atoms with Crippen LogP contribution >= 0.6 is 0 Å². The van der Waals surface area contributed by atoms with E-state index in [1.54, 1.807) is 0 Å². The summed E-state index contributed by atoms with van der Waals surface area (Å²) in [5, 5.41) is 9.02. The Hall–Kier alpha value is -1.08. The number of aliphatic hydroxyl groups excluding tert-OH is 1. The molecule has 0 spiro atoms. The Bertz CT molecular complexity index is 313. The molecule has 1 nitrogen and oxygen atoms in total. The Labute approximate surface area is 85.1 Å². The van der Waals surface area contributed by atoms with E-state index < -0.39 is 0 Å². The van der Waals surface area contributed by atoms with Crippen LogP contribution in [0.1, 0.15) is 24.8 Å². The molecule has 1 unspecified atom stereocenters. The highest BCUT2D eigenvalue weighted by atomic mass is 16.3. The standard InChI is InChI=1S/C13H16O/c14-10-11-6-8-13(9-7-11)12-4-2-1-3-5-12/h1-5,8,11,14H,6-7,9-10H2. The molecule has 0 saturated heterocycles. The molecular formula is C13H16O. The van der Waals surface area contributed by atoms with Crippen molar-refractivity contribution >= 4 is 5.57 Å². The van der Waals surface area contributed by atoms with E-state index in [2.05, 4.69) is 30.3 Å². The lowest BCUT2D eigenvalue weighted by Gasteiger charge is -2.19. The van der Waals surface area contributed by atoms with E-state index in [0.717, 1.165) is 19.3 Å². The Morgan fingerprint density at radius 3 is 2.57 bits per heavy atom. The van der Waals surface area contributed by atoms with Gasteiger partial charge in [-0.25, -0.2) is 0 Å². The molecule has 74 valence electrons. The van der Waals surface area contributed by atoms with Gasteiger partial charge in [0.05, 0.1) is 0 Å². The molecule has 0 aliphatic heterocycles. The highest BCUT2D eigenvalue weighted by Gasteiger charge is 2.13. The van der Waals surface area contributed by atoms with E-state index >= 15 is 0 Å². The van der Waals surface area contributed by atoms with Gasteiger partial charge in [-0.05, 0) is 36.3 Å². The van der Waals surface area contributed by atoms with Gasteiger partial charge in [-0.3, -0.25) is 0 Å². The molecule has 2 rings (SSSR count). The van der Waals surface area contributed by atoms with Crippen LogP contribution in [-0.2, 0) is 0 Å². The highest BCUT2D eigenvalue weighted by Crippen LogP contribution is 2.29. The van der Waals surface area contributed by atoms with Gasteiger partial charge in [0.1, 0.15) is 0 Å². The fourth-order valence-electron chi connectivity index (χ4n) is 1.97. The maximum Gasteiger partial charge on any atom is 0.0462 e. The number of rotatable bonds is 2. The summed E-state index contributed by atoms with van der Waals surface area (Å²) in [7, 11) is 0. The van der Waals surface area contributed by atoms with Crippen molar-refractivity contribution in [3.63, 3.8) is 0 Å². The first kappa shape index (κ1) is 9.47. The van der Waals surface area contributed by atoms with Gasteiger partial charge in [0.2, 0.25) is 0 Å². The molecule has 1 aliphatic rings. The predicted molar refractivity (Wildman–Crippen MR) is 58.8 cm³/mol. The predicted octanol–water partition coefficient (Wildman–Crippen LogP) is 2.86. The maximum absolute atomic E-state index is 9.02. The summed E-state index contributed by atoms with van der Waals surface area (Å²) < 4.78 is 0. The summed E-state index contributed by atoms with van der Waals surface area (Å²) >= 11 is 0. The van der Waals surface area contributed by atoms with Crippen molar-refractivity contribution in [3.05, 3.63) is 42.0 Å². The summed E-state index contributed by atoms with van der Waals surface area (Å²) in [6.07, 6.45) is 5.53. The van der Waals surface area contributed by atoms with Crippen molar-refractivity contribution < 1.29 is 5.11 Å². The lowest BCUT2D eigenvalue weighted by atomic mass is 9.87. The Morgan fingerprint density at radius 2 is 2.00 bits per heavy atom. The zero-order chi connectivity index (χ0) is 9.80. The van der Waals surface area contributed by atoms with Gasteiger partial charge in [0.25, 0.3) is 0 Å². The molecule has 1 aromatic carbocycles. The average Bonchev–Trinajstić information content (AvgIpc) is 2.30. The topological polar surface area (TPSA) is 20.2 Å². The summed E-state index contributed by atoms with van der Waals surface area (Å²) in [5.74, 6) is 0.488. The summed E-state index contributed by atoms with van der Waals surface area (Å²) in [6.45, 7) is 0.332. The molecule has 0 aromatic heterocycles. The van der Waals surface area contributed by atoms with Crippen molar-refractivity contribution in [2.45, 2.75) is 19.3 Å². The molecule has 1 aromatic rings. The number of hydrogen-bond donors (Lipinski definition) is 1. The molecule has 0 heterocycles. The third-order valence-electron chi connectivity index (χ3n) is 2.92. The van der Waals surface area contributed by atoms with Gasteiger partial charge in [-0.1, -0.05) is 36.4 Å². The third kappa shape index (κ3) is 2.05. The quantitative estimate of drug-likeness (QED) is 0.756. The Morgan fingerprint density at radius 1 is 1.21 bits per heavy atom. The van der Waals surface area contributed by atoms with Gasteiger partial charge in [-0.15, -0.1) is 0 Å². The summed E-state index contributed by atoms with van der Waals surface area (Å²) in [4.78, 5) is 0. The first-order valence-corrected chi connectivity index (χ1v) is 5.25. The van der Waals surface area contributed by atoms with E-state index in [1.165, 1.54) is 11.1 Å². The fraction of sp³-hybridized carbons (Fsp3) is 0.385. The molecule has 0 bridgehead atoms. The monoisotopic (exact) mass is 188 g/mol. The molecule has 1 heteroatoms. The van der Waals surface area contributed by atoms with Crippen molar-refractivity contribution in [2.24, 2.45) is 5.92 Å². The first-order valence-electron chi connectivity index (χ1n) is 5.25. The SMILES string of the molecule is OCC1CC=C(c2ccccc2)CC1. The lowest BCUT2D eigenvalue weighted by Crippen LogP contribution is -2.09. The van der Waals surface area contributed by atoms with E-state index in [9.17, 15) is 0 Å². The number of benzene rings is 1. The van der Waals surface area contributed by atoms with E-state index in [4.69, 9.17) is 5.11 Å². The lowest BCUT2D eigenvalue weighted by molar-refractivity contribution is 0.218. The highest BCUT2D eigenvalue weighted by molar-refractivity contribution is 5.66. The molecule has 1 atom stereocenters. The minimum atomic E-state index is 0.332. The second kappa shape index (κ2) is 4.43. The normalized spacial score (nSPS) is 21.8. The molecule has 0 radical (unpaired) electrons. The second-order valence-electron chi connectivity index (χ2n) is 3.92. The fourth-order valence-corrected chi connectivity index (χ4v) is 1.97. The number of allylic oxidation sites excluding steroid dienone is 2. The average molecular weight is 188 g/mol. The van der Waals surface area contributed by atoms with E-state index in [0.29, 0.717) is 12.5 Å². The third-order valence-corrected chi connectivity index (χ3v) is 2.92. The van der Waals surface area contributed by atoms with Crippen molar-refractivity contribution in [3.8, 4) is 0 Å². The van der Waals surface area contributed by atoms with Crippen LogP contribution in [0.3, 0.4) is 0 Å². The molecule has 1 N–H and O–H groups in total. The molecule has 0 fully saturated rings. The van der Waals surface area contributed by atoms with E-state index in [-0.39, 0.29) is 0 Å². The zero-order valence-electron chi connectivity index (χ0n) is 8.32. The van der Waals surface area contributed by atoms with Gasteiger partial charge in [-0.2, -0.15) is 0 Å². The minimum Gasteiger partial charge on any atom is -0.396 e. The smallest absolute Gasteiger partial charge is 0.0462 e. The van der Waals surface area contributed by atoms with Crippen LogP contribution in [0, 0.1) is 5.92 Å². The molecule has 14 heavy (non-hydrogen) atoms. The zero-order valence-corrected chi connectivity index (χ0v) is 8.32. The largest absolute Gasteiger partial charge is 0.396 e. The van der Waals surface area contributed by atoms with Crippen molar-refractivity contribution in [1.82, 2.24) is 0 Å². The number of aliphatic hydroxyl groups is 1. The molecular weight excluding hydrogens is 172 g/mol. The van der Waals surface area contributed by atoms with Crippen LogP contribution < -0.4 is 0 Å². The Kier molecular flexibility index (Phi) is 3.00. The van der Waals surface area contributed by atoms with Gasteiger partial charge in [0.15, 0.2) is 0 Å². The van der Waals surface area contributed by atoms with Crippen LogP contribution in [0.25, 0.3) is 5.57 Å².